The summed E-state index contributed by atoms with van der Waals surface area (Å²) < 4.78 is 45.6. The maximum absolute atomic E-state index is 13.4. The fraction of sp³-hybridized carbons (Fsp3) is 0.611. The number of nitrogens with one attached hydrogen (secondary N) is 1. The maximum Gasteiger partial charge on any atom is 0.420 e. The van der Waals surface area contributed by atoms with Crippen molar-refractivity contribution in [2.24, 2.45) is 0 Å². The van der Waals surface area contributed by atoms with Crippen molar-refractivity contribution in [1.29, 1.82) is 0 Å². The van der Waals surface area contributed by atoms with Crippen LogP contribution in [0, 0.1) is 0 Å². The van der Waals surface area contributed by atoms with E-state index < -0.39 is 17.3 Å². The molecule has 1 aliphatic rings. The average molecular weight is 356 g/mol. The van der Waals surface area contributed by atoms with Crippen molar-refractivity contribution in [2.45, 2.75) is 70.3 Å². The summed E-state index contributed by atoms with van der Waals surface area (Å²) >= 11 is 0. The highest BCUT2D eigenvalue weighted by atomic mass is 19.4. The second kappa shape index (κ2) is 6.29. The fourth-order valence-electron chi connectivity index (χ4n) is 3.38. The first-order chi connectivity index (χ1) is 11.6. The lowest BCUT2D eigenvalue weighted by atomic mass is 10.00. The van der Waals surface area contributed by atoms with E-state index in [0.717, 1.165) is 18.9 Å². The number of nitrogens with zero attached hydrogens (tertiary/aromatic N) is 1. The molecule has 4 nitrogen and oxygen atoms in total. The van der Waals surface area contributed by atoms with Gasteiger partial charge in [-0.15, -0.1) is 0 Å². The monoisotopic (exact) mass is 356 g/mol. The minimum absolute atomic E-state index is 0.0938. The number of rotatable bonds is 4. The van der Waals surface area contributed by atoms with Crippen LogP contribution >= 0.6 is 0 Å². The largest absolute Gasteiger partial charge is 0.440 e. The number of halogens is 3. The van der Waals surface area contributed by atoms with Crippen LogP contribution in [0.2, 0.25) is 0 Å². The van der Waals surface area contributed by atoms with E-state index in [-0.39, 0.29) is 29.6 Å². The molecule has 2 aromatic rings. The van der Waals surface area contributed by atoms with Crippen molar-refractivity contribution in [3.8, 4) is 0 Å². The summed E-state index contributed by atoms with van der Waals surface area (Å²) in [7, 11) is 0. The van der Waals surface area contributed by atoms with Crippen LogP contribution in [0.4, 0.5) is 13.2 Å². The Morgan fingerprint density at radius 3 is 2.68 bits per heavy atom. The van der Waals surface area contributed by atoms with Crippen molar-refractivity contribution in [2.75, 3.05) is 0 Å². The van der Waals surface area contributed by atoms with Gasteiger partial charge in [0.05, 0.1) is 5.60 Å². The summed E-state index contributed by atoms with van der Waals surface area (Å²) in [5.41, 5.74) is -1.15. The Bertz CT molecular complexity index is 766. The summed E-state index contributed by atoms with van der Waals surface area (Å²) in [4.78, 5) is 4.21. The molecule has 0 radical (unpaired) electrons. The highest BCUT2D eigenvalue weighted by Gasteiger charge is 2.37. The van der Waals surface area contributed by atoms with Gasteiger partial charge < -0.3 is 14.8 Å². The second-order valence-electron chi connectivity index (χ2n) is 7.38. The van der Waals surface area contributed by atoms with Crippen molar-refractivity contribution in [3.63, 3.8) is 0 Å². The molecule has 138 valence electrons. The molecule has 0 spiro atoms. The molecule has 1 aliphatic carbocycles. The third-order valence-electron chi connectivity index (χ3n) is 4.84. The molecule has 0 aliphatic heterocycles. The number of hydrogen-bond donors (Lipinski definition) is 2. The zero-order valence-electron chi connectivity index (χ0n) is 14.6. The molecule has 2 atom stereocenters. The molecule has 1 aromatic heterocycles. The van der Waals surface area contributed by atoms with Gasteiger partial charge in [-0.3, -0.25) is 0 Å². The van der Waals surface area contributed by atoms with Crippen LogP contribution in [0.15, 0.2) is 16.5 Å². The number of aliphatic hydroxyl groups is 1. The molecular formula is C18H23F3N2O2. The predicted octanol–water partition coefficient (Wildman–Crippen LogP) is 4.36. The summed E-state index contributed by atoms with van der Waals surface area (Å²) in [6, 6.07) is 2.60. The summed E-state index contributed by atoms with van der Waals surface area (Å²) in [5.74, 6) is 0.202. The van der Waals surface area contributed by atoms with Crippen molar-refractivity contribution in [3.05, 3.63) is 29.2 Å². The third-order valence-corrected chi connectivity index (χ3v) is 4.84. The van der Waals surface area contributed by atoms with Crippen LogP contribution in [0.3, 0.4) is 0 Å². The number of hydrogen-bond acceptors (Lipinski definition) is 4. The van der Waals surface area contributed by atoms with Crippen LogP contribution in [-0.4, -0.2) is 21.7 Å². The molecule has 1 aromatic carbocycles. The quantitative estimate of drug-likeness (QED) is 0.854. The highest BCUT2D eigenvalue weighted by Crippen LogP contribution is 2.37. The molecule has 7 heteroatoms. The van der Waals surface area contributed by atoms with Gasteiger partial charge >= 0.3 is 6.18 Å². The summed E-state index contributed by atoms with van der Waals surface area (Å²) in [6.07, 6.45) is -2.11. The second-order valence-corrected chi connectivity index (χ2v) is 7.38. The molecule has 1 saturated carbocycles. The Kier molecular flexibility index (Phi) is 4.58. The minimum Gasteiger partial charge on any atom is -0.440 e. The van der Waals surface area contributed by atoms with Gasteiger partial charge in [0.2, 0.25) is 0 Å². The standard InChI is InChI=1S/C18H23F3N2O2/c1-10(2)16-23-13-8-11(7-12(15(13)25-16)18(19,20)21)9-22-14-5-4-6-17(14,3)24/h7-8,10,14,22,24H,4-6,9H2,1-3H3. The van der Waals surface area contributed by atoms with Crippen LogP contribution < -0.4 is 5.32 Å². The van der Waals surface area contributed by atoms with Gasteiger partial charge in [-0.05, 0) is 43.9 Å². The minimum atomic E-state index is -4.51. The normalized spacial score (nSPS) is 24.6. The Morgan fingerprint density at radius 1 is 1.40 bits per heavy atom. The lowest BCUT2D eigenvalue weighted by molar-refractivity contribution is -0.136. The number of alkyl halides is 3. The van der Waals surface area contributed by atoms with Gasteiger partial charge in [0.1, 0.15) is 11.1 Å². The molecular weight excluding hydrogens is 333 g/mol. The molecule has 2 N–H and O–H groups in total. The van der Waals surface area contributed by atoms with Crippen LogP contribution in [0.1, 0.15) is 63.0 Å². The van der Waals surface area contributed by atoms with Crippen LogP contribution in [0.25, 0.3) is 11.1 Å². The Hall–Kier alpha value is -1.60. The molecule has 1 fully saturated rings. The van der Waals surface area contributed by atoms with Crippen molar-refractivity contribution in [1.82, 2.24) is 10.3 Å². The zero-order valence-corrected chi connectivity index (χ0v) is 14.6. The number of benzene rings is 1. The molecule has 2 unspecified atom stereocenters. The van der Waals surface area contributed by atoms with Crippen molar-refractivity contribution >= 4 is 11.1 Å². The molecule has 25 heavy (non-hydrogen) atoms. The van der Waals surface area contributed by atoms with Gasteiger partial charge in [-0.25, -0.2) is 4.98 Å². The van der Waals surface area contributed by atoms with Crippen LogP contribution in [0.5, 0.6) is 0 Å². The van der Waals surface area contributed by atoms with Crippen LogP contribution in [-0.2, 0) is 12.7 Å². The fourth-order valence-corrected chi connectivity index (χ4v) is 3.38. The first-order valence-corrected chi connectivity index (χ1v) is 8.54. The molecule has 0 bridgehead atoms. The maximum atomic E-state index is 13.4. The third kappa shape index (κ3) is 3.67. The molecule has 3 rings (SSSR count). The van der Waals surface area contributed by atoms with E-state index in [1.807, 2.05) is 13.8 Å². The lowest BCUT2D eigenvalue weighted by Gasteiger charge is -2.26. The van der Waals surface area contributed by atoms with E-state index in [0.29, 0.717) is 17.9 Å². The predicted molar refractivity (Wildman–Crippen MR) is 88.2 cm³/mol. The molecule has 1 heterocycles. The molecule has 0 amide bonds. The lowest BCUT2D eigenvalue weighted by Crippen LogP contribution is -2.44. The van der Waals surface area contributed by atoms with Gasteiger partial charge in [0, 0.05) is 18.5 Å². The van der Waals surface area contributed by atoms with Gasteiger partial charge in [0.15, 0.2) is 11.5 Å². The first-order valence-electron chi connectivity index (χ1n) is 8.54. The topological polar surface area (TPSA) is 58.3 Å². The van der Waals surface area contributed by atoms with E-state index >= 15 is 0 Å². The van der Waals surface area contributed by atoms with E-state index in [2.05, 4.69) is 10.3 Å². The Balaban J connectivity index is 1.93. The van der Waals surface area contributed by atoms with E-state index in [1.54, 1.807) is 13.0 Å². The number of fused-ring (bicyclic) bond motifs is 1. The molecule has 0 saturated heterocycles. The van der Waals surface area contributed by atoms with Gasteiger partial charge in [0.25, 0.3) is 0 Å². The van der Waals surface area contributed by atoms with E-state index in [4.69, 9.17) is 4.42 Å². The first kappa shape index (κ1) is 18.2. The highest BCUT2D eigenvalue weighted by molar-refractivity contribution is 5.78. The van der Waals surface area contributed by atoms with E-state index in [1.165, 1.54) is 0 Å². The Morgan fingerprint density at radius 2 is 2.12 bits per heavy atom. The smallest absolute Gasteiger partial charge is 0.420 e. The zero-order chi connectivity index (χ0) is 18.4. The Labute approximate surface area is 144 Å². The van der Waals surface area contributed by atoms with Crippen molar-refractivity contribution < 1.29 is 22.7 Å². The summed E-state index contributed by atoms with van der Waals surface area (Å²) in [6.45, 7) is 5.64. The summed E-state index contributed by atoms with van der Waals surface area (Å²) in [5, 5.41) is 13.5. The van der Waals surface area contributed by atoms with E-state index in [9.17, 15) is 18.3 Å². The average Bonchev–Trinajstić information content (AvgIpc) is 3.06. The number of oxazole rings is 1. The van der Waals surface area contributed by atoms with Gasteiger partial charge in [-0.1, -0.05) is 13.8 Å². The number of aromatic nitrogens is 1. The SMILES string of the molecule is CC(C)c1nc2cc(CNC3CCCC3(C)O)cc(C(F)(F)F)c2o1. The van der Waals surface area contributed by atoms with Gasteiger partial charge in [-0.2, -0.15) is 13.2 Å².